The van der Waals surface area contributed by atoms with E-state index >= 15 is 0 Å². The molecule has 23 heavy (non-hydrogen) atoms. The zero-order valence-corrected chi connectivity index (χ0v) is 12.9. The Balaban J connectivity index is 1.99. The van der Waals surface area contributed by atoms with E-state index in [0.29, 0.717) is 17.2 Å². The van der Waals surface area contributed by atoms with Crippen LogP contribution in [0.5, 0.6) is 5.75 Å². The van der Waals surface area contributed by atoms with Gasteiger partial charge in [-0.15, -0.1) is 0 Å². The van der Waals surface area contributed by atoms with Crippen molar-refractivity contribution in [1.82, 2.24) is 0 Å². The highest BCUT2D eigenvalue weighted by atomic mass is 35.5. The van der Waals surface area contributed by atoms with Gasteiger partial charge in [-0.05, 0) is 42.3 Å². The van der Waals surface area contributed by atoms with Crippen LogP contribution in [0.15, 0.2) is 30.3 Å². The lowest BCUT2D eigenvalue weighted by Gasteiger charge is -2.10. The molecule has 0 aliphatic rings. The fraction of sp³-hybridized carbons (Fsp3) is 0.188. The van der Waals surface area contributed by atoms with Gasteiger partial charge in [-0.25, -0.2) is 13.2 Å². The molecule has 122 valence electrons. The number of halogens is 4. The molecule has 0 aromatic heterocycles. The van der Waals surface area contributed by atoms with Crippen molar-refractivity contribution in [2.24, 2.45) is 0 Å². The third kappa shape index (κ3) is 4.16. The van der Waals surface area contributed by atoms with Crippen molar-refractivity contribution in [1.29, 1.82) is 0 Å². The number of nitrogens with one attached hydrogen (secondary N) is 1. The number of benzene rings is 2. The van der Waals surface area contributed by atoms with E-state index in [1.54, 1.807) is 18.2 Å². The molecule has 0 atom stereocenters. The Bertz CT molecular complexity index is 738. The van der Waals surface area contributed by atoms with E-state index in [2.05, 4.69) is 5.32 Å². The van der Waals surface area contributed by atoms with Gasteiger partial charge in [0.1, 0.15) is 5.75 Å². The largest absolute Gasteiger partial charge is 0.484 e. The molecule has 7 heteroatoms. The molecular formula is C16H13ClF3NO2. The number of ether oxygens (including phenoxy) is 1. The third-order valence-electron chi connectivity index (χ3n) is 3.08. The van der Waals surface area contributed by atoms with Crippen LogP contribution in [0.25, 0.3) is 0 Å². The number of carbonyl (C=O) groups is 1. The summed E-state index contributed by atoms with van der Waals surface area (Å²) in [4.78, 5) is 11.7. The topological polar surface area (TPSA) is 38.3 Å². The van der Waals surface area contributed by atoms with Gasteiger partial charge in [0.15, 0.2) is 24.1 Å². The van der Waals surface area contributed by atoms with Crippen molar-refractivity contribution >= 4 is 23.2 Å². The zero-order chi connectivity index (χ0) is 17.0. The molecule has 1 amide bonds. The van der Waals surface area contributed by atoms with Crippen LogP contribution in [0.1, 0.15) is 12.5 Å². The standard InChI is InChI=1S/C16H13ClF3NO2/c1-2-9-7-10(3-4-11(9)17)23-8-14(22)21-13-6-5-12(18)15(19)16(13)20/h3-7H,2,8H2,1H3,(H,21,22). The number of hydrogen-bond donors (Lipinski definition) is 1. The van der Waals surface area contributed by atoms with Gasteiger partial charge < -0.3 is 10.1 Å². The van der Waals surface area contributed by atoms with Gasteiger partial charge in [0.25, 0.3) is 5.91 Å². The maximum atomic E-state index is 13.4. The Morgan fingerprint density at radius 3 is 2.61 bits per heavy atom. The lowest BCUT2D eigenvalue weighted by atomic mass is 10.1. The normalized spacial score (nSPS) is 10.5. The lowest BCUT2D eigenvalue weighted by Crippen LogP contribution is -2.21. The number of rotatable bonds is 5. The molecule has 2 aromatic carbocycles. The second kappa shape index (κ2) is 7.37. The van der Waals surface area contributed by atoms with Crippen LogP contribution in [-0.2, 0) is 11.2 Å². The van der Waals surface area contributed by atoms with Gasteiger partial charge in [0, 0.05) is 5.02 Å². The van der Waals surface area contributed by atoms with Crippen molar-refractivity contribution in [3.63, 3.8) is 0 Å². The molecule has 0 aliphatic carbocycles. The van der Waals surface area contributed by atoms with Crippen molar-refractivity contribution in [2.75, 3.05) is 11.9 Å². The van der Waals surface area contributed by atoms with Gasteiger partial charge >= 0.3 is 0 Å². The van der Waals surface area contributed by atoms with Crippen LogP contribution in [0.3, 0.4) is 0 Å². The molecule has 0 spiro atoms. The third-order valence-corrected chi connectivity index (χ3v) is 3.45. The average Bonchev–Trinajstić information content (AvgIpc) is 2.54. The Morgan fingerprint density at radius 1 is 1.17 bits per heavy atom. The summed E-state index contributed by atoms with van der Waals surface area (Å²) in [5.41, 5.74) is 0.402. The Morgan fingerprint density at radius 2 is 1.91 bits per heavy atom. The van der Waals surface area contributed by atoms with E-state index in [4.69, 9.17) is 16.3 Å². The van der Waals surface area contributed by atoms with Crippen LogP contribution in [-0.4, -0.2) is 12.5 Å². The van der Waals surface area contributed by atoms with Crippen molar-refractivity contribution < 1.29 is 22.7 Å². The summed E-state index contributed by atoms with van der Waals surface area (Å²) in [6, 6.07) is 6.58. The molecule has 2 rings (SSSR count). The van der Waals surface area contributed by atoms with Crippen LogP contribution in [0.4, 0.5) is 18.9 Å². The smallest absolute Gasteiger partial charge is 0.262 e. The highest BCUT2D eigenvalue weighted by molar-refractivity contribution is 6.31. The second-order valence-electron chi connectivity index (χ2n) is 4.67. The number of amides is 1. The van der Waals surface area contributed by atoms with Gasteiger partial charge in [0.05, 0.1) is 5.69 Å². The first kappa shape index (κ1) is 17.1. The molecule has 0 unspecified atom stereocenters. The summed E-state index contributed by atoms with van der Waals surface area (Å²) < 4.78 is 44.6. The van der Waals surface area contributed by atoms with Crippen molar-refractivity contribution in [3.8, 4) is 5.75 Å². The van der Waals surface area contributed by atoms with Gasteiger partial charge in [-0.1, -0.05) is 18.5 Å². The molecule has 0 saturated carbocycles. The first-order chi connectivity index (χ1) is 10.9. The second-order valence-corrected chi connectivity index (χ2v) is 5.07. The van der Waals surface area contributed by atoms with Gasteiger partial charge in [0.2, 0.25) is 0 Å². The summed E-state index contributed by atoms with van der Waals surface area (Å²) in [6.07, 6.45) is 0.697. The summed E-state index contributed by atoms with van der Waals surface area (Å²) in [7, 11) is 0. The maximum Gasteiger partial charge on any atom is 0.262 e. The quantitative estimate of drug-likeness (QED) is 0.820. The number of anilines is 1. The minimum Gasteiger partial charge on any atom is -0.484 e. The molecule has 1 N–H and O–H groups in total. The van der Waals surface area contributed by atoms with Gasteiger partial charge in [-0.2, -0.15) is 0 Å². The van der Waals surface area contributed by atoms with Crippen LogP contribution in [0, 0.1) is 17.5 Å². The number of hydrogen-bond acceptors (Lipinski definition) is 2. The molecule has 2 aromatic rings. The predicted octanol–water partition coefficient (Wildman–Crippen LogP) is 4.34. The average molecular weight is 344 g/mol. The first-order valence-corrected chi connectivity index (χ1v) is 7.14. The van der Waals surface area contributed by atoms with E-state index in [0.717, 1.165) is 17.7 Å². The highest BCUT2D eigenvalue weighted by Gasteiger charge is 2.15. The molecule has 3 nitrogen and oxygen atoms in total. The number of aryl methyl sites for hydroxylation is 1. The molecule has 0 fully saturated rings. The maximum absolute atomic E-state index is 13.4. The SMILES string of the molecule is CCc1cc(OCC(=O)Nc2ccc(F)c(F)c2F)ccc1Cl. The Hall–Kier alpha value is -2.21. The summed E-state index contributed by atoms with van der Waals surface area (Å²) in [5, 5.41) is 2.71. The van der Waals surface area contributed by atoms with Crippen LogP contribution >= 0.6 is 11.6 Å². The monoisotopic (exact) mass is 343 g/mol. The lowest BCUT2D eigenvalue weighted by molar-refractivity contribution is -0.118. The first-order valence-electron chi connectivity index (χ1n) is 6.77. The highest BCUT2D eigenvalue weighted by Crippen LogP contribution is 2.23. The van der Waals surface area contributed by atoms with Crippen molar-refractivity contribution in [2.45, 2.75) is 13.3 Å². The number of carbonyl (C=O) groups excluding carboxylic acids is 1. The Labute approximate surface area is 136 Å². The molecule has 0 heterocycles. The van der Waals surface area contributed by atoms with Crippen molar-refractivity contribution in [3.05, 3.63) is 58.4 Å². The van der Waals surface area contributed by atoms with E-state index in [1.165, 1.54) is 0 Å². The minimum absolute atomic E-state index is 0.413. The van der Waals surface area contributed by atoms with E-state index in [-0.39, 0.29) is 0 Å². The van der Waals surface area contributed by atoms with E-state index in [1.807, 2.05) is 6.92 Å². The van der Waals surface area contributed by atoms with E-state index < -0.39 is 35.7 Å². The zero-order valence-electron chi connectivity index (χ0n) is 12.1. The Kier molecular flexibility index (Phi) is 5.50. The molecular weight excluding hydrogens is 331 g/mol. The molecule has 0 aliphatic heterocycles. The summed E-state index contributed by atoms with van der Waals surface area (Å²) in [6.45, 7) is 1.51. The van der Waals surface area contributed by atoms with Gasteiger partial charge in [-0.3, -0.25) is 4.79 Å². The van der Waals surface area contributed by atoms with Crippen LogP contribution < -0.4 is 10.1 Å². The fourth-order valence-corrected chi connectivity index (χ4v) is 2.12. The predicted molar refractivity (Wildman–Crippen MR) is 81.3 cm³/mol. The van der Waals surface area contributed by atoms with E-state index in [9.17, 15) is 18.0 Å². The molecule has 0 bridgehead atoms. The van der Waals surface area contributed by atoms with Crippen LogP contribution in [0.2, 0.25) is 5.02 Å². The fourth-order valence-electron chi connectivity index (χ4n) is 1.87. The minimum atomic E-state index is -1.64. The molecule has 0 radical (unpaired) electrons. The summed E-state index contributed by atoms with van der Waals surface area (Å²) in [5.74, 6) is -4.72. The summed E-state index contributed by atoms with van der Waals surface area (Å²) >= 11 is 5.97. The molecule has 0 saturated heterocycles.